The number of hydrogen-bond donors (Lipinski definition) is 0. The number of benzene rings is 7. The number of rotatable bonds is 2. The van der Waals surface area contributed by atoms with Gasteiger partial charge in [-0.2, -0.15) is 0 Å². The van der Waals surface area contributed by atoms with Crippen LogP contribution in [0.1, 0.15) is 25.0 Å². The van der Waals surface area contributed by atoms with E-state index < -0.39 is 0 Å². The minimum Gasteiger partial charge on any atom is -0.455 e. The lowest BCUT2D eigenvalue weighted by Crippen LogP contribution is -2.15. The average molecular weight is 639 g/mol. The van der Waals surface area contributed by atoms with Crippen LogP contribution in [-0.4, -0.2) is 0 Å². The summed E-state index contributed by atoms with van der Waals surface area (Å²) in [5.41, 5.74) is 11.9. The molecule has 236 valence electrons. The lowest BCUT2D eigenvalue weighted by atomic mass is 9.79. The molecule has 1 aliphatic carbocycles. The van der Waals surface area contributed by atoms with Crippen molar-refractivity contribution in [1.29, 1.82) is 0 Å². The van der Waals surface area contributed by atoms with Gasteiger partial charge in [0.25, 0.3) is 0 Å². The quantitative estimate of drug-likeness (QED) is 0.184. The fourth-order valence-corrected chi connectivity index (χ4v) is 8.65. The highest BCUT2D eigenvalue weighted by atomic mass is 16.3. The highest BCUT2D eigenvalue weighted by Gasteiger charge is 2.39. The summed E-state index contributed by atoms with van der Waals surface area (Å²) < 4.78 is 6.63. The average Bonchev–Trinajstić information content (AvgIpc) is 3.66. The van der Waals surface area contributed by atoms with Crippen LogP contribution >= 0.6 is 0 Å². The molecule has 0 amide bonds. The molecule has 0 spiro atoms. The Balaban J connectivity index is 1.27. The van der Waals surface area contributed by atoms with E-state index in [0.29, 0.717) is 0 Å². The molecule has 0 radical (unpaired) electrons. The van der Waals surface area contributed by atoms with E-state index in [-0.39, 0.29) is 5.41 Å². The summed E-state index contributed by atoms with van der Waals surface area (Å²) >= 11 is 0. The fraction of sp³-hybridized carbons (Fsp3) is 0.0612. The Labute approximate surface area is 291 Å². The highest BCUT2D eigenvalue weighted by Crippen LogP contribution is 2.56. The molecule has 0 saturated carbocycles. The molecule has 10 rings (SSSR count). The predicted molar refractivity (Wildman–Crippen MR) is 212 cm³/mol. The van der Waals surface area contributed by atoms with Crippen molar-refractivity contribution < 1.29 is 4.42 Å². The first-order valence-electron chi connectivity index (χ1n) is 17.4. The molecular weight excluding hydrogens is 605 g/mol. The SMILES string of the molecule is CC1(C)c2cc(-c3ccccccc(-c4cccc5ccccc45)c4ccccc34)ccc2-c2c1c1ccccc1c1oc3ccccc3c21. The van der Waals surface area contributed by atoms with Gasteiger partial charge in [-0.25, -0.2) is 0 Å². The summed E-state index contributed by atoms with van der Waals surface area (Å²) in [5.74, 6) is 0. The maximum absolute atomic E-state index is 6.63. The molecule has 1 heterocycles. The molecule has 1 nitrogen and oxygen atoms in total. The van der Waals surface area contributed by atoms with Crippen molar-refractivity contribution >= 4 is 54.3 Å². The molecule has 0 atom stereocenters. The second kappa shape index (κ2) is 10.9. The van der Waals surface area contributed by atoms with Crippen LogP contribution in [0.3, 0.4) is 0 Å². The molecule has 0 aliphatic heterocycles. The van der Waals surface area contributed by atoms with Gasteiger partial charge in [-0.05, 0) is 83.6 Å². The number of furan rings is 1. The van der Waals surface area contributed by atoms with Gasteiger partial charge in [0.05, 0.1) is 0 Å². The second-order valence-electron chi connectivity index (χ2n) is 14.0. The van der Waals surface area contributed by atoms with Crippen LogP contribution in [0, 0.1) is 0 Å². The van der Waals surface area contributed by atoms with Crippen LogP contribution in [0.5, 0.6) is 0 Å². The summed E-state index contributed by atoms with van der Waals surface area (Å²) in [6.07, 6.45) is 0. The van der Waals surface area contributed by atoms with Crippen LogP contribution in [0.25, 0.3) is 87.6 Å². The number of hydrogen-bond acceptors (Lipinski definition) is 1. The van der Waals surface area contributed by atoms with Gasteiger partial charge >= 0.3 is 0 Å². The highest BCUT2D eigenvalue weighted by molar-refractivity contribution is 6.24. The summed E-state index contributed by atoms with van der Waals surface area (Å²) in [6, 6.07) is 61.7. The molecule has 8 aromatic carbocycles. The first kappa shape index (κ1) is 28.8. The maximum atomic E-state index is 6.63. The Morgan fingerprint density at radius 3 is 1.78 bits per heavy atom. The Hall–Kier alpha value is -6.18. The molecule has 1 heteroatoms. The van der Waals surface area contributed by atoms with Crippen LogP contribution in [0.4, 0.5) is 0 Å². The zero-order chi connectivity index (χ0) is 33.4. The van der Waals surface area contributed by atoms with Crippen molar-refractivity contribution in [3.63, 3.8) is 0 Å². The van der Waals surface area contributed by atoms with Crippen molar-refractivity contribution in [2.75, 3.05) is 0 Å². The van der Waals surface area contributed by atoms with Crippen LogP contribution in [-0.2, 0) is 5.41 Å². The van der Waals surface area contributed by atoms with Gasteiger partial charge in [0.2, 0.25) is 0 Å². The summed E-state index contributed by atoms with van der Waals surface area (Å²) in [4.78, 5) is 0. The maximum Gasteiger partial charge on any atom is 0.143 e. The van der Waals surface area contributed by atoms with Crippen LogP contribution in [0.15, 0.2) is 174 Å². The third kappa shape index (κ3) is 4.13. The van der Waals surface area contributed by atoms with E-state index in [2.05, 4.69) is 184 Å². The Kier molecular flexibility index (Phi) is 6.29. The van der Waals surface area contributed by atoms with Gasteiger partial charge in [-0.15, -0.1) is 0 Å². The summed E-state index contributed by atoms with van der Waals surface area (Å²) in [5, 5.41) is 9.76. The number of fused-ring (bicyclic) bond motifs is 12. The molecule has 9 aromatic rings. The molecule has 50 heavy (non-hydrogen) atoms. The largest absolute Gasteiger partial charge is 0.455 e. The molecule has 1 aromatic heterocycles. The van der Waals surface area contributed by atoms with Crippen LogP contribution in [0.2, 0.25) is 0 Å². The normalized spacial score (nSPS) is 13.2. The van der Waals surface area contributed by atoms with E-state index in [1.165, 1.54) is 87.6 Å². The van der Waals surface area contributed by atoms with E-state index >= 15 is 0 Å². The van der Waals surface area contributed by atoms with Crippen molar-refractivity contribution in [3.05, 3.63) is 181 Å². The van der Waals surface area contributed by atoms with Crippen molar-refractivity contribution in [2.24, 2.45) is 0 Å². The van der Waals surface area contributed by atoms with Crippen molar-refractivity contribution in [1.82, 2.24) is 0 Å². The van der Waals surface area contributed by atoms with Crippen LogP contribution < -0.4 is 0 Å². The van der Waals surface area contributed by atoms with Crippen molar-refractivity contribution in [2.45, 2.75) is 19.3 Å². The van der Waals surface area contributed by atoms with Gasteiger partial charge in [-0.1, -0.05) is 172 Å². The number of para-hydroxylation sites is 1. The van der Waals surface area contributed by atoms with Gasteiger partial charge in [0, 0.05) is 21.6 Å². The minimum absolute atomic E-state index is 0.227. The predicted octanol–water partition coefficient (Wildman–Crippen LogP) is 13.8. The van der Waals surface area contributed by atoms with E-state index in [0.717, 1.165) is 11.2 Å². The Morgan fingerprint density at radius 2 is 0.980 bits per heavy atom. The topological polar surface area (TPSA) is 13.1 Å². The first-order chi connectivity index (χ1) is 24.6. The third-order valence-corrected chi connectivity index (χ3v) is 10.9. The zero-order valence-corrected chi connectivity index (χ0v) is 28.1. The van der Waals surface area contributed by atoms with E-state index in [9.17, 15) is 0 Å². The monoisotopic (exact) mass is 638 g/mol. The smallest absolute Gasteiger partial charge is 0.143 e. The van der Waals surface area contributed by atoms with Gasteiger partial charge in [-0.3, -0.25) is 0 Å². The molecule has 0 fully saturated rings. The summed E-state index contributed by atoms with van der Waals surface area (Å²) in [6.45, 7) is 4.79. The van der Waals surface area contributed by atoms with Crippen molar-refractivity contribution in [3.8, 4) is 33.4 Å². The Bertz CT molecular complexity index is 2900. The van der Waals surface area contributed by atoms with Gasteiger partial charge < -0.3 is 4.42 Å². The fourth-order valence-electron chi connectivity index (χ4n) is 8.65. The second-order valence-corrected chi connectivity index (χ2v) is 14.0. The molecule has 0 N–H and O–H groups in total. The first-order valence-corrected chi connectivity index (χ1v) is 17.4. The molecule has 1 aliphatic rings. The minimum atomic E-state index is -0.227. The zero-order valence-electron chi connectivity index (χ0n) is 28.1. The lowest BCUT2D eigenvalue weighted by molar-refractivity contribution is 0.664. The standard InChI is InChI=1S/C49H34O/c1-49(2)43-30-32(28-29-41(43)45-46-42-25-13-14-27-44(42)50-48(46)40-24-12-11-23-39(40)47(45)49)34-18-5-3-4-6-20-37(38-22-10-9-21-35(34)38)36-26-15-17-31-16-7-8-19-33(31)36/h3-30H,1-2H3. The Morgan fingerprint density at radius 1 is 0.420 bits per heavy atom. The molecule has 0 bridgehead atoms. The van der Waals surface area contributed by atoms with E-state index in [1.807, 2.05) is 0 Å². The molecule has 0 unspecified atom stereocenters. The molecular formula is C49H34O. The lowest BCUT2D eigenvalue weighted by Gasteiger charge is -2.24. The summed E-state index contributed by atoms with van der Waals surface area (Å²) in [7, 11) is 0. The van der Waals surface area contributed by atoms with E-state index in [1.54, 1.807) is 0 Å². The van der Waals surface area contributed by atoms with Gasteiger partial charge in [0.1, 0.15) is 11.2 Å². The molecule has 0 saturated heterocycles. The van der Waals surface area contributed by atoms with Gasteiger partial charge in [0.15, 0.2) is 0 Å². The third-order valence-electron chi connectivity index (χ3n) is 10.9. The van der Waals surface area contributed by atoms with E-state index in [4.69, 9.17) is 4.42 Å².